The number of benzene rings is 1. The summed E-state index contributed by atoms with van der Waals surface area (Å²) >= 11 is 5.73. The van der Waals surface area contributed by atoms with Gasteiger partial charge in [0.2, 0.25) is 10.0 Å². The third-order valence-electron chi connectivity index (χ3n) is 2.77. The zero-order valence-corrected chi connectivity index (χ0v) is 12.0. The highest BCUT2D eigenvalue weighted by molar-refractivity contribution is 7.89. The van der Waals surface area contributed by atoms with Gasteiger partial charge in [-0.05, 0) is 36.4 Å². The average molecular weight is 298 g/mol. The minimum atomic E-state index is -3.47. The third-order valence-corrected chi connectivity index (χ3v) is 4.50. The number of aryl methyl sites for hydroxylation is 1. The molecule has 1 aromatic carbocycles. The summed E-state index contributed by atoms with van der Waals surface area (Å²) in [6, 6.07) is 9.81. The molecule has 0 saturated heterocycles. The molecule has 6 heteroatoms. The van der Waals surface area contributed by atoms with Crippen LogP contribution in [0.25, 0.3) is 0 Å². The van der Waals surface area contributed by atoms with Gasteiger partial charge in [0.1, 0.15) is 0 Å². The molecule has 0 fully saturated rings. The van der Waals surface area contributed by atoms with E-state index >= 15 is 0 Å². The van der Waals surface area contributed by atoms with Crippen LogP contribution in [-0.2, 0) is 23.5 Å². The summed E-state index contributed by atoms with van der Waals surface area (Å²) in [5.74, 6) is 0. The predicted octanol–water partition coefficient (Wildman–Crippen LogP) is 2.00. The summed E-state index contributed by atoms with van der Waals surface area (Å²) in [5.41, 5.74) is 1.03. The quantitative estimate of drug-likeness (QED) is 0.918. The van der Waals surface area contributed by atoms with Gasteiger partial charge >= 0.3 is 0 Å². The van der Waals surface area contributed by atoms with E-state index in [0.717, 1.165) is 5.69 Å². The van der Waals surface area contributed by atoms with Gasteiger partial charge < -0.3 is 4.57 Å². The van der Waals surface area contributed by atoms with Crippen molar-refractivity contribution in [3.63, 3.8) is 0 Å². The fraction of sp³-hybridized carbons (Fsp3) is 0.231. The van der Waals surface area contributed by atoms with E-state index in [4.69, 9.17) is 11.6 Å². The smallest absolute Gasteiger partial charge is 0.240 e. The molecular weight excluding hydrogens is 284 g/mol. The number of aromatic nitrogens is 1. The number of nitrogens with one attached hydrogen (secondary N) is 1. The number of hydrogen-bond donors (Lipinski definition) is 1. The van der Waals surface area contributed by atoms with Gasteiger partial charge in [0, 0.05) is 30.7 Å². The van der Waals surface area contributed by atoms with E-state index in [1.54, 1.807) is 12.1 Å². The van der Waals surface area contributed by atoms with Crippen molar-refractivity contribution in [1.29, 1.82) is 0 Å². The highest BCUT2D eigenvalue weighted by Gasteiger charge is 2.13. The molecular formula is C13H14ClN2O2S. The Hall–Kier alpha value is -1.30. The van der Waals surface area contributed by atoms with Gasteiger partial charge in [-0.3, -0.25) is 0 Å². The summed E-state index contributed by atoms with van der Waals surface area (Å²) < 4.78 is 28.4. The van der Waals surface area contributed by atoms with E-state index in [2.05, 4.69) is 10.9 Å². The Morgan fingerprint density at radius 3 is 2.53 bits per heavy atom. The predicted molar refractivity (Wildman–Crippen MR) is 74.6 cm³/mol. The molecule has 0 bridgehead atoms. The molecule has 2 aromatic rings. The van der Waals surface area contributed by atoms with Crippen LogP contribution in [0.1, 0.15) is 5.69 Å². The minimum Gasteiger partial charge on any atom is -0.346 e. The first-order valence-electron chi connectivity index (χ1n) is 5.76. The number of hydrogen-bond acceptors (Lipinski definition) is 2. The maximum Gasteiger partial charge on any atom is 0.240 e. The first kappa shape index (κ1) is 14.1. The van der Waals surface area contributed by atoms with Gasteiger partial charge in [0.15, 0.2) is 0 Å². The Balaban J connectivity index is 1.98. The molecule has 19 heavy (non-hydrogen) atoms. The van der Waals surface area contributed by atoms with Gasteiger partial charge in [-0.1, -0.05) is 11.6 Å². The lowest BCUT2D eigenvalue weighted by atomic mass is 10.3. The molecule has 0 aliphatic carbocycles. The second kappa shape index (κ2) is 5.77. The van der Waals surface area contributed by atoms with Crippen LogP contribution in [0.15, 0.2) is 41.3 Å². The van der Waals surface area contributed by atoms with E-state index in [0.29, 0.717) is 18.0 Å². The molecule has 0 saturated carbocycles. The van der Waals surface area contributed by atoms with E-state index < -0.39 is 10.0 Å². The minimum absolute atomic E-state index is 0.218. The van der Waals surface area contributed by atoms with E-state index in [1.165, 1.54) is 12.1 Å². The summed E-state index contributed by atoms with van der Waals surface area (Å²) in [6.45, 7) is 0.344. The van der Waals surface area contributed by atoms with Crippen molar-refractivity contribution < 1.29 is 8.42 Å². The molecule has 0 spiro atoms. The Morgan fingerprint density at radius 2 is 1.95 bits per heavy atom. The van der Waals surface area contributed by atoms with Crippen LogP contribution in [0.4, 0.5) is 0 Å². The van der Waals surface area contributed by atoms with Gasteiger partial charge in [0.25, 0.3) is 0 Å². The molecule has 0 aliphatic heterocycles. The zero-order valence-electron chi connectivity index (χ0n) is 10.4. The van der Waals surface area contributed by atoms with E-state index in [9.17, 15) is 8.42 Å². The fourth-order valence-electron chi connectivity index (χ4n) is 1.70. The topological polar surface area (TPSA) is 51.1 Å². The molecule has 101 valence electrons. The van der Waals surface area contributed by atoms with E-state index in [1.807, 2.05) is 23.7 Å². The van der Waals surface area contributed by atoms with Crippen LogP contribution < -0.4 is 4.72 Å². The third kappa shape index (κ3) is 3.59. The van der Waals surface area contributed by atoms with Crippen molar-refractivity contribution in [2.24, 2.45) is 7.05 Å². The molecule has 0 atom stereocenters. The first-order chi connectivity index (χ1) is 8.99. The Labute approximate surface area is 118 Å². The Morgan fingerprint density at radius 1 is 1.26 bits per heavy atom. The van der Waals surface area contributed by atoms with Gasteiger partial charge in [-0.25, -0.2) is 13.1 Å². The average Bonchev–Trinajstić information content (AvgIpc) is 2.75. The van der Waals surface area contributed by atoms with Crippen molar-refractivity contribution in [2.75, 3.05) is 6.54 Å². The number of nitrogens with zero attached hydrogens (tertiary/aromatic N) is 1. The van der Waals surface area contributed by atoms with Crippen molar-refractivity contribution in [3.05, 3.63) is 53.3 Å². The lowest BCUT2D eigenvalue weighted by Crippen LogP contribution is -2.26. The number of sulfonamides is 1. The highest BCUT2D eigenvalue weighted by atomic mass is 35.5. The van der Waals surface area contributed by atoms with Gasteiger partial charge in [0.05, 0.1) is 11.1 Å². The summed E-state index contributed by atoms with van der Waals surface area (Å²) in [6.07, 6.45) is 3.60. The summed E-state index contributed by atoms with van der Waals surface area (Å²) in [7, 11) is -1.59. The molecule has 0 amide bonds. The molecule has 1 aromatic heterocycles. The molecule has 0 unspecified atom stereocenters. The highest BCUT2D eigenvalue weighted by Crippen LogP contribution is 2.13. The van der Waals surface area contributed by atoms with Crippen LogP contribution in [0.3, 0.4) is 0 Å². The normalized spacial score (nSPS) is 11.7. The maximum atomic E-state index is 12.0. The second-order valence-electron chi connectivity index (χ2n) is 4.11. The SMILES string of the molecule is Cn1[c]ccc1CCNS(=O)(=O)c1ccc(Cl)cc1. The number of rotatable bonds is 5. The lowest BCUT2D eigenvalue weighted by Gasteiger charge is -2.07. The van der Waals surface area contributed by atoms with Crippen molar-refractivity contribution in [2.45, 2.75) is 11.3 Å². The lowest BCUT2D eigenvalue weighted by molar-refractivity contribution is 0.580. The molecule has 1 radical (unpaired) electrons. The zero-order chi connectivity index (χ0) is 13.9. The van der Waals surface area contributed by atoms with Crippen LogP contribution in [0.2, 0.25) is 5.02 Å². The Bertz CT molecular complexity index is 648. The van der Waals surface area contributed by atoms with Crippen molar-refractivity contribution in [1.82, 2.24) is 9.29 Å². The van der Waals surface area contributed by atoms with Crippen LogP contribution in [0.5, 0.6) is 0 Å². The van der Waals surface area contributed by atoms with Gasteiger partial charge in [-0.15, -0.1) is 0 Å². The summed E-state index contributed by atoms with van der Waals surface area (Å²) in [5, 5.41) is 0.512. The molecule has 2 rings (SSSR count). The standard InChI is InChI=1S/C13H14ClN2O2S/c1-16-10-2-3-12(16)8-9-15-19(17,18)13-6-4-11(14)5-7-13/h2-7,15H,8-9H2,1H3. The van der Waals surface area contributed by atoms with Crippen LogP contribution in [-0.4, -0.2) is 19.5 Å². The van der Waals surface area contributed by atoms with E-state index in [-0.39, 0.29) is 4.90 Å². The fourth-order valence-corrected chi connectivity index (χ4v) is 2.86. The van der Waals surface area contributed by atoms with Crippen molar-refractivity contribution >= 4 is 21.6 Å². The molecule has 1 N–H and O–H groups in total. The first-order valence-corrected chi connectivity index (χ1v) is 7.63. The number of halogens is 1. The maximum absolute atomic E-state index is 12.0. The van der Waals surface area contributed by atoms with Gasteiger partial charge in [-0.2, -0.15) is 0 Å². The monoisotopic (exact) mass is 297 g/mol. The van der Waals surface area contributed by atoms with Crippen molar-refractivity contribution in [3.8, 4) is 0 Å². The second-order valence-corrected chi connectivity index (χ2v) is 6.32. The van der Waals surface area contributed by atoms with Crippen LogP contribution in [0, 0.1) is 6.20 Å². The van der Waals surface area contributed by atoms with Crippen LogP contribution >= 0.6 is 11.6 Å². The molecule has 0 aliphatic rings. The molecule has 1 heterocycles. The molecule has 4 nitrogen and oxygen atoms in total. The largest absolute Gasteiger partial charge is 0.346 e. The summed E-state index contributed by atoms with van der Waals surface area (Å²) in [4.78, 5) is 0.218. The Kier molecular flexibility index (Phi) is 4.29.